The van der Waals surface area contributed by atoms with Crippen LogP contribution in [0.5, 0.6) is 0 Å². The van der Waals surface area contributed by atoms with Gasteiger partial charge in [-0.15, -0.1) is 0 Å². The molecule has 0 atom stereocenters. The summed E-state index contributed by atoms with van der Waals surface area (Å²) in [5.41, 5.74) is 2.48. The minimum atomic E-state index is -0.320. The van der Waals surface area contributed by atoms with Gasteiger partial charge < -0.3 is 10.0 Å². The Morgan fingerprint density at radius 1 is 1.41 bits per heavy atom. The number of piperidine rings is 1. The Balaban J connectivity index is 2.05. The predicted octanol–water partition coefficient (Wildman–Crippen LogP) is 2.00. The van der Waals surface area contributed by atoms with Crippen molar-refractivity contribution in [3.05, 3.63) is 27.9 Å². The number of rotatable bonds is 3. The van der Waals surface area contributed by atoms with Crippen LogP contribution in [-0.2, 0) is 7.05 Å². The Hall–Kier alpha value is -2.15. The minimum Gasteiger partial charge on any atom is -0.396 e. The molecular formula is C15H20N4O3. The fourth-order valence-corrected chi connectivity index (χ4v) is 3.21. The number of aliphatic hydroxyl groups excluding tert-OH is 1. The molecule has 0 saturated carbocycles. The van der Waals surface area contributed by atoms with Crippen LogP contribution in [-0.4, -0.2) is 39.5 Å². The molecule has 2 heterocycles. The number of hydrogen-bond acceptors (Lipinski definition) is 5. The molecule has 1 fully saturated rings. The van der Waals surface area contributed by atoms with Crippen LogP contribution < -0.4 is 4.90 Å². The van der Waals surface area contributed by atoms with Gasteiger partial charge in [0, 0.05) is 38.2 Å². The van der Waals surface area contributed by atoms with Crippen LogP contribution in [0.15, 0.2) is 12.1 Å². The average molecular weight is 304 g/mol. The molecule has 1 N–H and O–H groups in total. The van der Waals surface area contributed by atoms with Crippen molar-refractivity contribution >= 4 is 22.3 Å². The lowest BCUT2D eigenvalue weighted by Gasteiger charge is -2.32. The smallest absolute Gasteiger partial charge is 0.293 e. The van der Waals surface area contributed by atoms with Gasteiger partial charge in [0.2, 0.25) is 0 Å². The second-order valence-electron chi connectivity index (χ2n) is 5.94. The zero-order valence-corrected chi connectivity index (χ0v) is 12.8. The highest BCUT2D eigenvalue weighted by Gasteiger charge is 2.26. The Bertz CT molecular complexity index is 717. The maximum Gasteiger partial charge on any atom is 0.293 e. The maximum atomic E-state index is 11.5. The number of hydrogen-bond donors (Lipinski definition) is 1. The minimum absolute atomic E-state index is 0.131. The molecule has 0 aliphatic carbocycles. The van der Waals surface area contributed by atoms with Crippen molar-refractivity contribution in [3.8, 4) is 0 Å². The normalized spacial score (nSPS) is 16.4. The second-order valence-corrected chi connectivity index (χ2v) is 5.94. The van der Waals surface area contributed by atoms with Gasteiger partial charge in [-0.2, -0.15) is 5.10 Å². The van der Waals surface area contributed by atoms with E-state index in [2.05, 4.69) is 5.10 Å². The van der Waals surface area contributed by atoms with Crippen molar-refractivity contribution in [1.29, 1.82) is 0 Å². The van der Waals surface area contributed by atoms with Crippen LogP contribution in [0, 0.1) is 23.0 Å². The summed E-state index contributed by atoms with van der Waals surface area (Å²) >= 11 is 0. The van der Waals surface area contributed by atoms with Gasteiger partial charge in [0.05, 0.1) is 16.1 Å². The van der Waals surface area contributed by atoms with Crippen molar-refractivity contribution in [3.63, 3.8) is 0 Å². The Labute approximate surface area is 128 Å². The van der Waals surface area contributed by atoms with Crippen LogP contribution in [0.2, 0.25) is 0 Å². The summed E-state index contributed by atoms with van der Waals surface area (Å²) in [5.74, 6) is 0.304. The van der Waals surface area contributed by atoms with Gasteiger partial charge >= 0.3 is 0 Å². The third-order valence-electron chi connectivity index (χ3n) is 4.54. The molecule has 7 heteroatoms. The van der Waals surface area contributed by atoms with E-state index in [1.54, 1.807) is 10.7 Å². The van der Waals surface area contributed by atoms with Crippen molar-refractivity contribution in [2.45, 2.75) is 19.8 Å². The lowest BCUT2D eigenvalue weighted by molar-refractivity contribution is -0.384. The molecule has 0 unspecified atom stereocenters. The molecule has 1 aliphatic heterocycles. The Kier molecular flexibility index (Phi) is 3.74. The molecule has 0 bridgehead atoms. The number of aliphatic hydroxyl groups is 1. The van der Waals surface area contributed by atoms with Crippen molar-refractivity contribution in [2.75, 3.05) is 24.6 Å². The highest BCUT2D eigenvalue weighted by atomic mass is 16.6. The van der Waals surface area contributed by atoms with Gasteiger partial charge in [0.25, 0.3) is 5.69 Å². The number of benzene rings is 1. The van der Waals surface area contributed by atoms with E-state index < -0.39 is 0 Å². The van der Waals surface area contributed by atoms with Gasteiger partial charge in [0.1, 0.15) is 5.69 Å². The highest BCUT2D eigenvalue weighted by Crippen LogP contribution is 2.36. The van der Waals surface area contributed by atoms with E-state index in [1.807, 2.05) is 24.9 Å². The third-order valence-corrected chi connectivity index (χ3v) is 4.54. The molecular weight excluding hydrogens is 284 g/mol. The molecule has 0 amide bonds. The molecule has 1 aromatic carbocycles. The molecule has 1 aromatic heterocycles. The van der Waals surface area contributed by atoms with Crippen LogP contribution in [0.1, 0.15) is 18.5 Å². The highest BCUT2D eigenvalue weighted by molar-refractivity contribution is 5.90. The molecule has 22 heavy (non-hydrogen) atoms. The van der Waals surface area contributed by atoms with E-state index in [9.17, 15) is 15.2 Å². The summed E-state index contributed by atoms with van der Waals surface area (Å²) in [6.45, 7) is 3.51. The molecule has 0 spiro atoms. The molecule has 2 aromatic rings. The number of fused-ring (bicyclic) bond motifs is 1. The second kappa shape index (κ2) is 5.57. The van der Waals surface area contributed by atoms with Crippen molar-refractivity contribution < 1.29 is 10.0 Å². The van der Waals surface area contributed by atoms with Crippen LogP contribution in [0.3, 0.4) is 0 Å². The largest absolute Gasteiger partial charge is 0.396 e. The standard InChI is InChI=1S/C15H20N4O3/c1-10-12-7-15(19(21)22)14(8-13(12)17(2)16-10)18-5-3-11(9-20)4-6-18/h7-8,11,20H,3-6,9H2,1-2H3. The molecule has 0 radical (unpaired) electrons. The predicted molar refractivity (Wildman–Crippen MR) is 84.1 cm³/mol. The van der Waals surface area contributed by atoms with Crippen molar-refractivity contribution in [2.24, 2.45) is 13.0 Å². The molecule has 3 rings (SSSR count). The topological polar surface area (TPSA) is 84.4 Å². The van der Waals surface area contributed by atoms with Gasteiger partial charge in [0.15, 0.2) is 0 Å². The van der Waals surface area contributed by atoms with Crippen molar-refractivity contribution in [1.82, 2.24) is 9.78 Å². The SMILES string of the molecule is Cc1nn(C)c2cc(N3CCC(CO)CC3)c([N+](=O)[O-])cc12. The zero-order valence-electron chi connectivity index (χ0n) is 12.8. The lowest BCUT2D eigenvalue weighted by Crippen LogP contribution is -2.35. The van der Waals surface area contributed by atoms with Crippen LogP contribution in [0.4, 0.5) is 11.4 Å². The monoisotopic (exact) mass is 304 g/mol. The molecule has 118 valence electrons. The fraction of sp³-hybridized carbons (Fsp3) is 0.533. The first-order valence-corrected chi connectivity index (χ1v) is 7.48. The summed E-state index contributed by atoms with van der Waals surface area (Å²) in [7, 11) is 1.85. The zero-order chi connectivity index (χ0) is 15.9. The molecule has 1 aliphatic rings. The summed E-state index contributed by atoms with van der Waals surface area (Å²) in [5, 5.41) is 25.9. The van der Waals surface area contributed by atoms with E-state index >= 15 is 0 Å². The number of nitro benzene ring substituents is 1. The first kappa shape index (κ1) is 14.8. The maximum absolute atomic E-state index is 11.5. The number of aryl methyl sites for hydroxylation is 2. The number of nitrogens with zero attached hydrogens (tertiary/aromatic N) is 4. The number of anilines is 1. The van der Waals surface area contributed by atoms with E-state index in [0.717, 1.165) is 42.5 Å². The summed E-state index contributed by atoms with van der Waals surface area (Å²) in [6.07, 6.45) is 1.71. The number of nitro groups is 1. The van der Waals surface area contributed by atoms with Crippen LogP contribution >= 0.6 is 0 Å². The molecule has 7 nitrogen and oxygen atoms in total. The third kappa shape index (κ3) is 2.41. The quantitative estimate of drug-likeness (QED) is 0.692. The first-order valence-electron chi connectivity index (χ1n) is 7.48. The van der Waals surface area contributed by atoms with E-state index in [4.69, 9.17) is 0 Å². The lowest BCUT2D eigenvalue weighted by atomic mass is 9.97. The number of aromatic nitrogens is 2. The summed E-state index contributed by atoms with van der Waals surface area (Å²) in [4.78, 5) is 13.2. The van der Waals surface area contributed by atoms with Gasteiger partial charge in [-0.1, -0.05) is 0 Å². The molecule has 1 saturated heterocycles. The first-order chi connectivity index (χ1) is 10.5. The Morgan fingerprint density at radius 3 is 2.68 bits per heavy atom. The summed E-state index contributed by atoms with van der Waals surface area (Å²) in [6, 6.07) is 3.50. The summed E-state index contributed by atoms with van der Waals surface area (Å²) < 4.78 is 1.76. The van der Waals surface area contributed by atoms with Gasteiger partial charge in [-0.25, -0.2) is 0 Å². The Morgan fingerprint density at radius 2 is 2.09 bits per heavy atom. The van der Waals surface area contributed by atoms with E-state index in [1.165, 1.54) is 0 Å². The van der Waals surface area contributed by atoms with E-state index in [-0.39, 0.29) is 17.2 Å². The van der Waals surface area contributed by atoms with Gasteiger partial charge in [-0.3, -0.25) is 14.8 Å². The van der Waals surface area contributed by atoms with E-state index in [0.29, 0.717) is 11.6 Å². The van der Waals surface area contributed by atoms with Gasteiger partial charge in [-0.05, 0) is 31.7 Å². The average Bonchev–Trinajstić information content (AvgIpc) is 2.80. The fourth-order valence-electron chi connectivity index (χ4n) is 3.21. The van der Waals surface area contributed by atoms with Crippen LogP contribution in [0.25, 0.3) is 10.9 Å².